The fraction of sp³-hybridized carbons (Fsp3) is 0.125. The molecule has 0 saturated heterocycles. The molecule has 0 saturated carbocycles. The summed E-state index contributed by atoms with van der Waals surface area (Å²) in [6.45, 7) is 1.59. The van der Waals surface area contributed by atoms with E-state index < -0.39 is 5.97 Å². The van der Waals surface area contributed by atoms with Gasteiger partial charge in [0.15, 0.2) is 0 Å². The first-order valence-corrected chi connectivity index (χ1v) is 3.74. The topological polar surface area (TPSA) is 74.0 Å². The van der Waals surface area contributed by atoms with Crippen molar-refractivity contribution in [2.45, 2.75) is 6.92 Å². The van der Waals surface area contributed by atoms with Crippen LogP contribution in [0.3, 0.4) is 0 Å². The van der Waals surface area contributed by atoms with Crippen molar-refractivity contribution < 1.29 is 9.90 Å². The Morgan fingerprint density at radius 3 is 2.85 bits per heavy atom. The SMILES string of the molecule is Cc1nc(Cl)c(C(=O)O)cc1C#N. The molecule has 1 heterocycles. The predicted molar refractivity (Wildman–Crippen MR) is 45.7 cm³/mol. The van der Waals surface area contributed by atoms with Crippen molar-refractivity contribution in [1.82, 2.24) is 4.98 Å². The number of nitrogens with zero attached hydrogens (tertiary/aromatic N) is 2. The number of pyridine rings is 1. The normalized spacial score (nSPS) is 9.31. The third-order valence-electron chi connectivity index (χ3n) is 1.52. The molecule has 0 bridgehead atoms. The van der Waals surface area contributed by atoms with E-state index in [-0.39, 0.29) is 16.3 Å². The molecule has 0 fully saturated rings. The van der Waals surface area contributed by atoms with E-state index in [4.69, 9.17) is 22.0 Å². The van der Waals surface area contributed by atoms with Gasteiger partial charge in [0, 0.05) is 0 Å². The molecule has 66 valence electrons. The second kappa shape index (κ2) is 3.42. The molecule has 0 amide bonds. The van der Waals surface area contributed by atoms with Gasteiger partial charge in [-0.1, -0.05) is 11.6 Å². The molecule has 4 nitrogen and oxygen atoms in total. The fourth-order valence-corrected chi connectivity index (χ4v) is 1.10. The maximum absolute atomic E-state index is 10.6. The van der Waals surface area contributed by atoms with E-state index in [2.05, 4.69) is 4.98 Å². The minimum atomic E-state index is -1.19. The van der Waals surface area contributed by atoms with Gasteiger partial charge in [0.1, 0.15) is 11.2 Å². The van der Waals surface area contributed by atoms with Gasteiger partial charge < -0.3 is 5.11 Å². The van der Waals surface area contributed by atoms with Gasteiger partial charge >= 0.3 is 5.97 Å². The highest BCUT2D eigenvalue weighted by atomic mass is 35.5. The van der Waals surface area contributed by atoms with Crippen LogP contribution in [0, 0.1) is 18.3 Å². The highest BCUT2D eigenvalue weighted by molar-refractivity contribution is 6.32. The first-order chi connectivity index (χ1) is 6.06. The molecule has 0 spiro atoms. The zero-order valence-electron chi connectivity index (χ0n) is 6.71. The summed E-state index contributed by atoms with van der Waals surface area (Å²) in [5.41, 5.74) is 0.503. The monoisotopic (exact) mass is 196 g/mol. The number of rotatable bonds is 1. The molecule has 0 atom stereocenters. The summed E-state index contributed by atoms with van der Waals surface area (Å²) in [5, 5.41) is 17.1. The third-order valence-corrected chi connectivity index (χ3v) is 1.81. The quantitative estimate of drug-likeness (QED) is 0.693. The Morgan fingerprint density at radius 2 is 2.38 bits per heavy atom. The first-order valence-electron chi connectivity index (χ1n) is 3.36. The average Bonchev–Trinajstić information content (AvgIpc) is 2.03. The van der Waals surface area contributed by atoms with Crippen molar-refractivity contribution in [3.8, 4) is 6.07 Å². The Hall–Kier alpha value is -1.60. The Kier molecular flexibility index (Phi) is 2.49. The van der Waals surface area contributed by atoms with E-state index >= 15 is 0 Å². The number of aromatic nitrogens is 1. The molecular weight excluding hydrogens is 192 g/mol. The molecule has 0 unspecified atom stereocenters. The number of hydrogen-bond acceptors (Lipinski definition) is 3. The van der Waals surface area contributed by atoms with Gasteiger partial charge in [0.05, 0.1) is 16.8 Å². The summed E-state index contributed by atoms with van der Waals surface area (Å²) < 4.78 is 0. The minimum absolute atomic E-state index is 0.0935. The number of carbonyl (C=O) groups is 1. The van der Waals surface area contributed by atoms with Crippen molar-refractivity contribution in [1.29, 1.82) is 5.26 Å². The lowest BCUT2D eigenvalue weighted by molar-refractivity contribution is 0.0696. The summed E-state index contributed by atoms with van der Waals surface area (Å²) in [4.78, 5) is 14.3. The Bertz CT molecular complexity index is 409. The summed E-state index contributed by atoms with van der Waals surface area (Å²) in [5.74, 6) is -1.19. The lowest BCUT2D eigenvalue weighted by Crippen LogP contribution is -2.02. The smallest absolute Gasteiger partial charge is 0.338 e. The summed E-state index contributed by atoms with van der Waals surface area (Å²) in [6.07, 6.45) is 0. The highest BCUT2D eigenvalue weighted by Gasteiger charge is 2.12. The van der Waals surface area contributed by atoms with Crippen LogP contribution >= 0.6 is 11.6 Å². The van der Waals surface area contributed by atoms with Crippen LogP contribution in [-0.2, 0) is 0 Å². The van der Waals surface area contributed by atoms with Crippen LogP contribution in [0.4, 0.5) is 0 Å². The molecule has 0 aliphatic rings. The van der Waals surface area contributed by atoms with E-state index in [1.807, 2.05) is 6.07 Å². The molecule has 1 aromatic heterocycles. The van der Waals surface area contributed by atoms with Gasteiger partial charge in [-0.05, 0) is 13.0 Å². The largest absolute Gasteiger partial charge is 0.478 e. The molecule has 0 aromatic carbocycles. The zero-order chi connectivity index (χ0) is 10.0. The summed E-state index contributed by atoms with van der Waals surface area (Å²) >= 11 is 5.55. The fourth-order valence-electron chi connectivity index (χ4n) is 0.839. The van der Waals surface area contributed by atoms with Crippen LogP contribution in [0.15, 0.2) is 6.07 Å². The van der Waals surface area contributed by atoms with Gasteiger partial charge in [-0.2, -0.15) is 5.26 Å². The second-order valence-electron chi connectivity index (χ2n) is 2.38. The predicted octanol–water partition coefficient (Wildman–Crippen LogP) is 1.61. The number of hydrogen-bond donors (Lipinski definition) is 1. The van der Waals surface area contributed by atoms with E-state index in [0.29, 0.717) is 5.69 Å². The van der Waals surface area contributed by atoms with Gasteiger partial charge in [-0.15, -0.1) is 0 Å². The van der Waals surface area contributed by atoms with Crippen LogP contribution in [-0.4, -0.2) is 16.1 Å². The molecule has 13 heavy (non-hydrogen) atoms. The van der Waals surface area contributed by atoms with Gasteiger partial charge in [-0.25, -0.2) is 9.78 Å². The van der Waals surface area contributed by atoms with Gasteiger partial charge in [0.2, 0.25) is 0 Å². The maximum atomic E-state index is 10.6. The summed E-state index contributed by atoms with van der Waals surface area (Å²) in [7, 11) is 0. The lowest BCUT2D eigenvalue weighted by Gasteiger charge is -2.00. The molecule has 1 rings (SSSR count). The number of aromatic carboxylic acids is 1. The van der Waals surface area contributed by atoms with E-state index in [1.54, 1.807) is 6.92 Å². The average molecular weight is 197 g/mol. The third kappa shape index (κ3) is 1.76. The van der Waals surface area contributed by atoms with Crippen LogP contribution in [0.1, 0.15) is 21.6 Å². The molecule has 0 radical (unpaired) electrons. The first kappa shape index (κ1) is 9.49. The Labute approximate surface area is 79.4 Å². The van der Waals surface area contributed by atoms with Crippen molar-refractivity contribution in [2.75, 3.05) is 0 Å². The van der Waals surface area contributed by atoms with E-state index in [1.165, 1.54) is 6.07 Å². The Morgan fingerprint density at radius 1 is 1.77 bits per heavy atom. The standard InChI is InChI=1S/C8H5ClN2O2/c1-4-5(3-10)2-6(8(12)13)7(9)11-4/h2H,1H3,(H,12,13). The van der Waals surface area contributed by atoms with Crippen LogP contribution in [0.5, 0.6) is 0 Å². The van der Waals surface area contributed by atoms with Crippen molar-refractivity contribution in [3.05, 3.63) is 28.0 Å². The molecule has 1 N–H and O–H groups in total. The van der Waals surface area contributed by atoms with Crippen molar-refractivity contribution >= 4 is 17.6 Å². The number of carboxylic acids is 1. The molecular formula is C8H5ClN2O2. The molecule has 5 heteroatoms. The zero-order valence-corrected chi connectivity index (χ0v) is 7.46. The number of carboxylic acid groups (broad SMARTS) is 1. The van der Waals surface area contributed by atoms with Crippen LogP contribution < -0.4 is 0 Å². The van der Waals surface area contributed by atoms with E-state index in [0.717, 1.165) is 0 Å². The number of aryl methyl sites for hydroxylation is 1. The lowest BCUT2D eigenvalue weighted by atomic mass is 10.1. The molecule has 0 aliphatic carbocycles. The maximum Gasteiger partial charge on any atom is 0.338 e. The summed E-state index contributed by atoms with van der Waals surface area (Å²) in [6, 6.07) is 3.05. The van der Waals surface area contributed by atoms with Crippen LogP contribution in [0.25, 0.3) is 0 Å². The van der Waals surface area contributed by atoms with Crippen molar-refractivity contribution in [2.24, 2.45) is 0 Å². The minimum Gasteiger partial charge on any atom is -0.478 e. The Balaban J connectivity index is 3.41. The number of nitriles is 1. The number of halogens is 1. The van der Waals surface area contributed by atoms with Gasteiger partial charge in [0.25, 0.3) is 0 Å². The van der Waals surface area contributed by atoms with Crippen molar-refractivity contribution in [3.63, 3.8) is 0 Å². The van der Waals surface area contributed by atoms with Crippen LogP contribution in [0.2, 0.25) is 5.15 Å². The van der Waals surface area contributed by atoms with E-state index in [9.17, 15) is 4.79 Å². The highest BCUT2D eigenvalue weighted by Crippen LogP contribution is 2.16. The molecule has 0 aliphatic heterocycles. The van der Waals surface area contributed by atoms with Gasteiger partial charge in [-0.3, -0.25) is 0 Å². The molecule has 1 aromatic rings. The second-order valence-corrected chi connectivity index (χ2v) is 2.73.